The molecule has 0 saturated heterocycles. The van der Waals surface area contributed by atoms with Crippen molar-refractivity contribution in [2.75, 3.05) is 12.8 Å². The molecule has 2 aromatic carbocycles. The van der Waals surface area contributed by atoms with Crippen LogP contribution in [-0.4, -0.2) is 18.6 Å². The average molecular weight is 300 g/mol. The predicted molar refractivity (Wildman–Crippen MR) is 91.6 cm³/mol. The van der Waals surface area contributed by atoms with E-state index in [1.165, 1.54) is 7.05 Å². The lowest BCUT2D eigenvalue weighted by molar-refractivity contribution is 0.00696. The molecule has 118 valence electrons. The third kappa shape index (κ3) is 5.22. The fraction of sp³-hybridized carbons (Fsp3) is 0.278. The molecule has 0 spiro atoms. The van der Waals surface area contributed by atoms with Gasteiger partial charge in [-0.2, -0.15) is 0 Å². The van der Waals surface area contributed by atoms with E-state index in [4.69, 9.17) is 10.5 Å². The van der Waals surface area contributed by atoms with E-state index in [2.05, 4.69) is 5.73 Å². The van der Waals surface area contributed by atoms with Crippen LogP contribution in [0, 0.1) is 0 Å². The molecule has 2 aromatic rings. The van der Waals surface area contributed by atoms with Crippen LogP contribution in [0.1, 0.15) is 31.1 Å². The lowest BCUT2D eigenvalue weighted by atomic mass is 10.0. The zero-order valence-electron chi connectivity index (χ0n) is 13.6. The van der Waals surface area contributed by atoms with Gasteiger partial charge in [-0.3, -0.25) is 0 Å². The fourth-order valence-corrected chi connectivity index (χ4v) is 1.81. The first-order valence-corrected chi connectivity index (χ1v) is 7.12. The van der Waals surface area contributed by atoms with E-state index in [0.29, 0.717) is 5.56 Å². The van der Waals surface area contributed by atoms with E-state index in [-0.39, 0.29) is 5.97 Å². The minimum atomic E-state index is -0.479. The third-order valence-electron chi connectivity index (χ3n) is 2.76. The molecule has 4 N–H and O–H groups in total. The Bertz CT molecular complexity index is 596. The van der Waals surface area contributed by atoms with Crippen molar-refractivity contribution < 1.29 is 9.53 Å². The summed E-state index contributed by atoms with van der Waals surface area (Å²) < 4.78 is 5.33. The van der Waals surface area contributed by atoms with Gasteiger partial charge in [-0.15, -0.1) is 0 Å². The zero-order chi connectivity index (χ0) is 16.8. The Balaban J connectivity index is 0.00000116. The van der Waals surface area contributed by atoms with E-state index >= 15 is 0 Å². The molecule has 0 unspecified atom stereocenters. The number of carbonyl (C=O) groups is 1. The molecule has 22 heavy (non-hydrogen) atoms. The number of carbonyl (C=O) groups excluding carboxylic acids is 1. The number of nitrogen functional groups attached to an aromatic ring is 1. The first kappa shape index (κ1) is 17.7. The van der Waals surface area contributed by atoms with Gasteiger partial charge in [0.25, 0.3) is 0 Å². The molecule has 0 amide bonds. The van der Waals surface area contributed by atoms with Gasteiger partial charge in [0.2, 0.25) is 0 Å². The number of anilines is 1. The first-order valence-electron chi connectivity index (χ1n) is 7.12. The summed E-state index contributed by atoms with van der Waals surface area (Å²) in [5.74, 6) is -0.304. The molecule has 0 aromatic heterocycles. The quantitative estimate of drug-likeness (QED) is 0.657. The molecule has 4 nitrogen and oxygen atoms in total. The molecule has 0 bridgehead atoms. The maximum absolute atomic E-state index is 11.9. The molecule has 0 aliphatic carbocycles. The van der Waals surface area contributed by atoms with Gasteiger partial charge < -0.3 is 16.2 Å². The van der Waals surface area contributed by atoms with E-state index in [1.54, 1.807) is 12.1 Å². The number of rotatable bonds is 2. The van der Waals surface area contributed by atoms with Crippen LogP contribution in [0.15, 0.2) is 48.5 Å². The van der Waals surface area contributed by atoms with Crippen LogP contribution in [0.2, 0.25) is 0 Å². The summed E-state index contributed by atoms with van der Waals surface area (Å²) >= 11 is 0. The normalized spacial score (nSPS) is 10.4. The van der Waals surface area contributed by atoms with Crippen LogP contribution in [0.3, 0.4) is 0 Å². The van der Waals surface area contributed by atoms with Crippen LogP contribution >= 0.6 is 0 Å². The van der Waals surface area contributed by atoms with Gasteiger partial charge in [-0.05, 0) is 63.2 Å². The van der Waals surface area contributed by atoms with Crippen molar-refractivity contribution in [2.24, 2.45) is 5.73 Å². The Morgan fingerprint density at radius 1 is 0.864 bits per heavy atom. The Morgan fingerprint density at radius 2 is 1.27 bits per heavy atom. The molecule has 0 saturated carbocycles. The van der Waals surface area contributed by atoms with Gasteiger partial charge in [-0.25, -0.2) is 4.79 Å². The molecule has 2 rings (SSSR count). The van der Waals surface area contributed by atoms with Gasteiger partial charge in [-0.1, -0.05) is 24.3 Å². The molecular formula is C18H24N2O2. The number of nitrogens with two attached hydrogens (primary N) is 2. The summed E-state index contributed by atoms with van der Waals surface area (Å²) in [5, 5.41) is 0. The van der Waals surface area contributed by atoms with Gasteiger partial charge in [0.15, 0.2) is 0 Å². The zero-order valence-corrected chi connectivity index (χ0v) is 13.6. The van der Waals surface area contributed by atoms with Crippen molar-refractivity contribution >= 4 is 11.7 Å². The molecule has 0 aliphatic heterocycles. The maximum atomic E-state index is 11.9. The third-order valence-corrected chi connectivity index (χ3v) is 2.76. The van der Waals surface area contributed by atoms with Gasteiger partial charge >= 0.3 is 5.97 Å². The van der Waals surface area contributed by atoms with Crippen molar-refractivity contribution in [3.63, 3.8) is 0 Å². The predicted octanol–water partition coefficient (Wildman–Crippen LogP) is 3.47. The number of hydrogen-bond acceptors (Lipinski definition) is 4. The standard InChI is InChI=1S/C17H19NO2.CH5N/c1-17(2,3)20-16(19)14-6-4-12(5-7-14)13-8-10-15(18)11-9-13;1-2/h4-11H,18H2,1-3H3;2H2,1H3. The van der Waals surface area contributed by atoms with Crippen LogP contribution < -0.4 is 11.5 Å². The van der Waals surface area contributed by atoms with Crippen LogP contribution in [0.25, 0.3) is 11.1 Å². The number of hydrogen-bond donors (Lipinski definition) is 2. The topological polar surface area (TPSA) is 78.3 Å². The highest BCUT2D eigenvalue weighted by atomic mass is 16.6. The van der Waals surface area contributed by atoms with Crippen molar-refractivity contribution in [3.8, 4) is 11.1 Å². The molecule has 0 heterocycles. The van der Waals surface area contributed by atoms with Gasteiger partial charge in [0.1, 0.15) is 5.60 Å². The highest BCUT2D eigenvalue weighted by Crippen LogP contribution is 2.21. The van der Waals surface area contributed by atoms with Gasteiger partial charge in [0, 0.05) is 5.69 Å². The summed E-state index contributed by atoms with van der Waals surface area (Å²) in [5.41, 5.74) is 13.1. The molecular weight excluding hydrogens is 276 g/mol. The van der Waals surface area contributed by atoms with E-state index in [0.717, 1.165) is 16.8 Å². The summed E-state index contributed by atoms with van der Waals surface area (Å²) in [6.45, 7) is 5.56. The second-order valence-corrected chi connectivity index (χ2v) is 5.70. The number of ether oxygens (including phenoxy) is 1. The Morgan fingerprint density at radius 3 is 1.68 bits per heavy atom. The minimum Gasteiger partial charge on any atom is -0.456 e. The van der Waals surface area contributed by atoms with Crippen molar-refractivity contribution in [3.05, 3.63) is 54.1 Å². The van der Waals surface area contributed by atoms with Crippen LogP contribution in [0.5, 0.6) is 0 Å². The molecule has 0 atom stereocenters. The van der Waals surface area contributed by atoms with Crippen LogP contribution in [0.4, 0.5) is 5.69 Å². The largest absolute Gasteiger partial charge is 0.456 e. The Kier molecular flexibility index (Phi) is 6.13. The highest BCUT2D eigenvalue weighted by Gasteiger charge is 2.17. The minimum absolute atomic E-state index is 0.304. The molecule has 4 heteroatoms. The molecule has 0 fully saturated rings. The average Bonchev–Trinajstić information content (AvgIpc) is 2.48. The monoisotopic (exact) mass is 300 g/mol. The maximum Gasteiger partial charge on any atom is 0.338 e. The SMILES string of the molecule is CC(C)(C)OC(=O)c1ccc(-c2ccc(N)cc2)cc1.CN. The Hall–Kier alpha value is -2.33. The number of benzene rings is 2. The van der Waals surface area contributed by atoms with Crippen LogP contribution in [-0.2, 0) is 4.74 Å². The van der Waals surface area contributed by atoms with Crippen molar-refractivity contribution in [1.82, 2.24) is 0 Å². The van der Waals surface area contributed by atoms with Gasteiger partial charge in [0.05, 0.1) is 5.56 Å². The van der Waals surface area contributed by atoms with Crippen molar-refractivity contribution in [2.45, 2.75) is 26.4 Å². The first-order chi connectivity index (χ1) is 10.3. The van der Waals surface area contributed by atoms with E-state index < -0.39 is 5.60 Å². The van der Waals surface area contributed by atoms with Crippen molar-refractivity contribution in [1.29, 1.82) is 0 Å². The summed E-state index contributed by atoms with van der Waals surface area (Å²) in [7, 11) is 1.50. The number of esters is 1. The lowest BCUT2D eigenvalue weighted by Crippen LogP contribution is -2.23. The summed E-state index contributed by atoms with van der Waals surface area (Å²) in [4.78, 5) is 11.9. The lowest BCUT2D eigenvalue weighted by Gasteiger charge is -2.19. The summed E-state index contributed by atoms with van der Waals surface area (Å²) in [6, 6.07) is 15.0. The van der Waals surface area contributed by atoms with E-state index in [1.807, 2.05) is 57.2 Å². The Labute approximate surface area is 132 Å². The summed E-state index contributed by atoms with van der Waals surface area (Å²) in [6.07, 6.45) is 0. The second-order valence-electron chi connectivity index (χ2n) is 5.70. The smallest absolute Gasteiger partial charge is 0.338 e. The highest BCUT2D eigenvalue weighted by molar-refractivity contribution is 5.90. The van der Waals surface area contributed by atoms with E-state index in [9.17, 15) is 4.79 Å². The molecule has 0 aliphatic rings. The fourth-order valence-electron chi connectivity index (χ4n) is 1.81. The molecule has 0 radical (unpaired) electrons. The second kappa shape index (κ2) is 7.61.